The molecule has 17 nitrogen and oxygen atoms in total. The van der Waals surface area contributed by atoms with Crippen LogP contribution in [0.15, 0.2) is 0 Å². The fraction of sp³-hybridized carbons (Fsp3) is 0.913. The van der Waals surface area contributed by atoms with Crippen molar-refractivity contribution in [3.63, 3.8) is 0 Å². The zero-order valence-corrected chi connectivity index (χ0v) is 42.2. The predicted molar refractivity (Wildman–Crippen MR) is 248 cm³/mol. The van der Waals surface area contributed by atoms with E-state index in [-0.39, 0.29) is 25.7 Å². The van der Waals surface area contributed by atoms with Gasteiger partial charge in [0.25, 0.3) is 0 Å². The van der Waals surface area contributed by atoms with Gasteiger partial charge < -0.3 is 33.8 Å². The van der Waals surface area contributed by atoms with Crippen LogP contribution in [-0.2, 0) is 65.4 Å². The van der Waals surface area contributed by atoms with Gasteiger partial charge in [-0.15, -0.1) is 0 Å². The minimum atomic E-state index is -4.91. The summed E-state index contributed by atoms with van der Waals surface area (Å²) in [5, 5.41) is 10.3. The Bertz CT molecular complexity index is 1300. The number of aliphatic hydroxyl groups excluding tert-OH is 1. The van der Waals surface area contributed by atoms with Gasteiger partial charge in [0.2, 0.25) is 0 Å². The summed E-state index contributed by atoms with van der Waals surface area (Å²) in [7, 11) is -9.81. The molecule has 0 heterocycles. The van der Waals surface area contributed by atoms with Crippen molar-refractivity contribution in [2.24, 2.45) is 0 Å². The Kier molecular flexibility index (Phi) is 40.9. The van der Waals surface area contributed by atoms with Crippen molar-refractivity contribution in [2.45, 2.75) is 232 Å². The molecule has 0 saturated heterocycles. The molecule has 0 aliphatic rings. The summed E-state index contributed by atoms with van der Waals surface area (Å²) in [6.07, 6.45) is 21.5. The Hall–Kier alpha value is -1.94. The molecule has 0 radical (unpaired) electrons. The fourth-order valence-electron chi connectivity index (χ4n) is 6.43. The van der Waals surface area contributed by atoms with Gasteiger partial charge in [0.1, 0.15) is 19.3 Å². The van der Waals surface area contributed by atoms with Gasteiger partial charge in [-0.05, 0) is 25.7 Å². The maximum atomic E-state index is 12.7. The fourth-order valence-corrected chi connectivity index (χ4v) is 8.01. The minimum Gasteiger partial charge on any atom is -0.462 e. The highest BCUT2D eigenvalue weighted by atomic mass is 31.2. The topological polar surface area (TPSA) is 237 Å². The SMILES string of the molecule is CCCCCCCCCCCCC(=O)OC[C@H](COP(=O)(O)OC[C@H](O)COP(=O)(O)OC[C@@H](COC(=O)CCCCCCCCCC)OC(=O)CCCC)OC(=O)CCCCCCC. The number of phosphoric ester groups is 2. The number of hydrogen-bond donors (Lipinski definition) is 3. The molecule has 65 heavy (non-hydrogen) atoms. The highest BCUT2D eigenvalue weighted by molar-refractivity contribution is 7.47. The van der Waals surface area contributed by atoms with Gasteiger partial charge in [0.05, 0.1) is 26.4 Å². The van der Waals surface area contributed by atoms with E-state index in [1.54, 1.807) is 0 Å². The van der Waals surface area contributed by atoms with Crippen molar-refractivity contribution in [1.82, 2.24) is 0 Å². The average molecular weight is 975 g/mol. The van der Waals surface area contributed by atoms with Gasteiger partial charge in [0, 0.05) is 25.7 Å². The van der Waals surface area contributed by atoms with Gasteiger partial charge in [-0.25, -0.2) is 9.13 Å². The number of phosphoric acid groups is 2. The molecule has 0 bridgehead atoms. The molecule has 0 rings (SSSR count). The number of rotatable bonds is 47. The van der Waals surface area contributed by atoms with E-state index in [1.165, 1.54) is 57.8 Å². The molecule has 0 aromatic carbocycles. The van der Waals surface area contributed by atoms with Crippen LogP contribution in [0.3, 0.4) is 0 Å². The van der Waals surface area contributed by atoms with Crippen LogP contribution in [0.1, 0.15) is 214 Å². The van der Waals surface area contributed by atoms with E-state index < -0.39 is 97.5 Å². The van der Waals surface area contributed by atoms with E-state index in [9.17, 15) is 43.2 Å². The van der Waals surface area contributed by atoms with Crippen molar-refractivity contribution in [1.29, 1.82) is 0 Å². The number of unbranched alkanes of at least 4 members (excludes halogenated alkanes) is 21. The molecule has 384 valence electrons. The Labute approximate surface area is 390 Å². The largest absolute Gasteiger partial charge is 0.472 e. The standard InChI is InChI=1S/C46H88O17P2/c1-5-9-13-16-18-20-21-23-26-28-32-44(49)57-37-42(63-46(51)33-29-24-15-11-7-3)39-61-65(54,55)59-35-40(47)34-58-64(52,53)60-38-41(62-45(50)30-12-8-4)36-56-43(48)31-27-25-22-19-17-14-10-6-2/h40-42,47H,5-39H2,1-4H3,(H,52,53)(H,54,55)/t40-,41-,42-/m1/s1. The van der Waals surface area contributed by atoms with Crippen LogP contribution in [0, 0.1) is 0 Å². The molecule has 0 amide bonds. The minimum absolute atomic E-state index is 0.0784. The molecule has 0 aromatic rings. The van der Waals surface area contributed by atoms with E-state index in [2.05, 4.69) is 20.8 Å². The number of ether oxygens (including phenoxy) is 4. The lowest BCUT2D eigenvalue weighted by Crippen LogP contribution is -2.30. The molecule has 0 fully saturated rings. The molecule has 0 spiro atoms. The van der Waals surface area contributed by atoms with E-state index in [1.807, 2.05) is 6.92 Å². The second kappa shape index (κ2) is 42.2. The van der Waals surface area contributed by atoms with Crippen molar-refractivity contribution in [3.05, 3.63) is 0 Å². The Morgan fingerprint density at radius 3 is 0.954 bits per heavy atom. The Morgan fingerprint density at radius 1 is 0.369 bits per heavy atom. The molecule has 0 aliphatic carbocycles. The third-order valence-electron chi connectivity index (χ3n) is 10.4. The highest BCUT2D eigenvalue weighted by Crippen LogP contribution is 2.45. The van der Waals surface area contributed by atoms with E-state index in [0.717, 1.165) is 77.0 Å². The summed E-state index contributed by atoms with van der Waals surface area (Å²) >= 11 is 0. The zero-order valence-electron chi connectivity index (χ0n) is 40.4. The first kappa shape index (κ1) is 63.1. The summed E-state index contributed by atoms with van der Waals surface area (Å²) < 4.78 is 66.4. The van der Waals surface area contributed by atoms with Gasteiger partial charge >= 0.3 is 39.5 Å². The number of hydrogen-bond acceptors (Lipinski definition) is 15. The molecular weight excluding hydrogens is 886 g/mol. The second-order valence-corrected chi connectivity index (χ2v) is 19.7. The quantitative estimate of drug-likeness (QED) is 0.0222. The number of aliphatic hydroxyl groups is 1. The summed E-state index contributed by atoms with van der Waals surface area (Å²) in [6.45, 7) is 4.35. The van der Waals surface area contributed by atoms with E-state index in [0.29, 0.717) is 25.7 Å². The molecule has 0 aliphatic heterocycles. The molecule has 0 saturated carbocycles. The van der Waals surface area contributed by atoms with E-state index in [4.69, 9.17) is 37.0 Å². The van der Waals surface area contributed by atoms with Gasteiger partial charge in [0.15, 0.2) is 12.2 Å². The summed E-state index contributed by atoms with van der Waals surface area (Å²) in [5.41, 5.74) is 0. The van der Waals surface area contributed by atoms with Crippen molar-refractivity contribution in [2.75, 3.05) is 39.6 Å². The monoisotopic (exact) mass is 975 g/mol. The van der Waals surface area contributed by atoms with Crippen LogP contribution in [0.2, 0.25) is 0 Å². The number of carbonyl (C=O) groups is 4. The van der Waals surface area contributed by atoms with Crippen LogP contribution < -0.4 is 0 Å². The average Bonchev–Trinajstić information content (AvgIpc) is 3.27. The normalized spacial score (nSPS) is 14.8. The summed E-state index contributed by atoms with van der Waals surface area (Å²) in [4.78, 5) is 70.3. The van der Waals surface area contributed by atoms with Crippen LogP contribution >= 0.6 is 15.6 Å². The van der Waals surface area contributed by atoms with Crippen LogP contribution in [0.25, 0.3) is 0 Å². The second-order valence-electron chi connectivity index (χ2n) is 16.8. The molecule has 0 aromatic heterocycles. The summed E-state index contributed by atoms with van der Waals surface area (Å²) in [5.74, 6) is -2.21. The Balaban J connectivity index is 4.99. The van der Waals surface area contributed by atoms with Crippen molar-refractivity contribution >= 4 is 39.5 Å². The van der Waals surface area contributed by atoms with Gasteiger partial charge in [-0.1, -0.05) is 163 Å². The third-order valence-corrected chi connectivity index (χ3v) is 12.3. The lowest BCUT2D eigenvalue weighted by molar-refractivity contribution is -0.161. The first-order valence-electron chi connectivity index (χ1n) is 24.8. The maximum absolute atomic E-state index is 12.7. The highest BCUT2D eigenvalue weighted by Gasteiger charge is 2.30. The lowest BCUT2D eigenvalue weighted by atomic mass is 10.1. The maximum Gasteiger partial charge on any atom is 0.472 e. The Morgan fingerprint density at radius 2 is 0.631 bits per heavy atom. The van der Waals surface area contributed by atoms with Crippen molar-refractivity contribution in [3.8, 4) is 0 Å². The van der Waals surface area contributed by atoms with Gasteiger partial charge in [-0.3, -0.25) is 37.3 Å². The molecular formula is C46H88O17P2. The third kappa shape index (κ3) is 41.9. The smallest absolute Gasteiger partial charge is 0.462 e. The first-order chi connectivity index (χ1) is 31.2. The summed E-state index contributed by atoms with van der Waals surface area (Å²) in [6, 6.07) is 0. The number of carbonyl (C=O) groups excluding carboxylic acids is 4. The van der Waals surface area contributed by atoms with Crippen LogP contribution in [-0.4, -0.2) is 96.7 Å². The lowest BCUT2D eigenvalue weighted by Gasteiger charge is -2.21. The molecule has 19 heteroatoms. The molecule has 5 atom stereocenters. The zero-order chi connectivity index (χ0) is 48.4. The predicted octanol–water partition coefficient (Wildman–Crippen LogP) is 10.9. The molecule has 2 unspecified atom stereocenters. The number of esters is 4. The van der Waals surface area contributed by atoms with Gasteiger partial charge in [-0.2, -0.15) is 0 Å². The van der Waals surface area contributed by atoms with Crippen LogP contribution in [0.4, 0.5) is 0 Å². The van der Waals surface area contributed by atoms with Crippen LogP contribution in [0.5, 0.6) is 0 Å². The first-order valence-corrected chi connectivity index (χ1v) is 27.8. The van der Waals surface area contributed by atoms with E-state index >= 15 is 0 Å². The molecule has 3 N–H and O–H groups in total. The van der Waals surface area contributed by atoms with Crippen molar-refractivity contribution < 1.29 is 80.2 Å².